The lowest BCUT2D eigenvalue weighted by Gasteiger charge is -2.08. The Balaban J connectivity index is 2.83. The summed E-state index contributed by atoms with van der Waals surface area (Å²) in [4.78, 5) is 22.2. The van der Waals surface area contributed by atoms with E-state index in [9.17, 15) is 9.59 Å². The number of Topliss-reactive ketones (excluding diaryl/α,β-unsaturated/α-hetero) is 1. The van der Waals surface area contributed by atoms with Crippen LogP contribution in [0.1, 0.15) is 36.8 Å². The van der Waals surface area contributed by atoms with E-state index in [4.69, 9.17) is 5.26 Å². The second kappa shape index (κ2) is 5.82. The molecule has 0 aliphatic heterocycles. The normalized spacial score (nSPS) is 11.5. The third kappa shape index (κ3) is 3.03. The van der Waals surface area contributed by atoms with Crippen LogP contribution >= 0.6 is 0 Å². The van der Waals surface area contributed by atoms with Gasteiger partial charge in [0.1, 0.15) is 12.1 Å². The second-order valence-electron chi connectivity index (χ2n) is 3.57. The van der Waals surface area contributed by atoms with E-state index in [1.165, 1.54) is 0 Å². The van der Waals surface area contributed by atoms with Crippen LogP contribution in [0.3, 0.4) is 0 Å². The van der Waals surface area contributed by atoms with Crippen LogP contribution in [0.2, 0.25) is 0 Å². The maximum atomic E-state index is 11.3. The molecule has 1 rings (SSSR count). The molecule has 0 bridgehead atoms. The Hall–Kier alpha value is -1.95. The summed E-state index contributed by atoms with van der Waals surface area (Å²) in [6.07, 6.45) is 1.47. The molecular formula is C13H13NO2. The van der Waals surface area contributed by atoms with E-state index in [1.54, 1.807) is 31.2 Å². The average Bonchev–Trinajstić information content (AvgIpc) is 2.35. The Kier molecular flexibility index (Phi) is 4.41. The lowest BCUT2D eigenvalue weighted by molar-refractivity contribution is -0.121. The van der Waals surface area contributed by atoms with Gasteiger partial charge in [0.15, 0.2) is 0 Å². The average molecular weight is 215 g/mol. The van der Waals surface area contributed by atoms with Crippen molar-refractivity contribution in [1.82, 2.24) is 0 Å². The molecule has 0 spiro atoms. The first-order valence-corrected chi connectivity index (χ1v) is 5.18. The maximum absolute atomic E-state index is 11.3. The molecule has 82 valence electrons. The van der Waals surface area contributed by atoms with Crippen molar-refractivity contribution in [1.29, 1.82) is 5.26 Å². The number of nitriles is 1. The van der Waals surface area contributed by atoms with Gasteiger partial charge in [0.25, 0.3) is 0 Å². The fourth-order valence-corrected chi connectivity index (χ4v) is 1.44. The number of aldehydes is 1. The number of carbonyl (C=O) groups is 2. The second-order valence-corrected chi connectivity index (χ2v) is 3.57. The van der Waals surface area contributed by atoms with Crippen LogP contribution in [0.4, 0.5) is 0 Å². The number of nitrogens with zero attached hydrogens (tertiary/aromatic N) is 1. The zero-order valence-corrected chi connectivity index (χ0v) is 9.14. The molecule has 0 saturated heterocycles. The van der Waals surface area contributed by atoms with Crippen LogP contribution < -0.4 is 0 Å². The van der Waals surface area contributed by atoms with E-state index in [0.717, 1.165) is 11.8 Å². The third-order valence-electron chi connectivity index (χ3n) is 2.47. The third-order valence-corrected chi connectivity index (χ3v) is 2.47. The predicted molar refractivity (Wildman–Crippen MR) is 59.9 cm³/mol. The van der Waals surface area contributed by atoms with Gasteiger partial charge in [0, 0.05) is 18.8 Å². The van der Waals surface area contributed by atoms with Gasteiger partial charge < -0.3 is 4.79 Å². The molecule has 0 N–H and O–H groups in total. The van der Waals surface area contributed by atoms with Crippen LogP contribution in [-0.2, 0) is 9.59 Å². The molecule has 0 aromatic heterocycles. The van der Waals surface area contributed by atoms with Gasteiger partial charge in [-0.2, -0.15) is 5.26 Å². The zero-order chi connectivity index (χ0) is 12.0. The zero-order valence-electron chi connectivity index (χ0n) is 9.14. The molecule has 0 amide bonds. The SMILES string of the molecule is CCC(=O)CC(C=O)c1ccc(C#N)cc1. The lowest BCUT2D eigenvalue weighted by atomic mass is 9.94. The van der Waals surface area contributed by atoms with Crippen molar-refractivity contribution in [3.05, 3.63) is 35.4 Å². The van der Waals surface area contributed by atoms with Crippen LogP contribution in [0, 0.1) is 11.3 Å². The van der Waals surface area contributed by atoms with Crippen molar-refractivity contribution in [2.75, 3.05) is 0 Å². The standard InChI is InChI=1S/C13H13NO2/c1-2-13(16)7-12(9-15)11-5-3-10(8-14)4-6-11/h3-6,9,12H,2,7H2,1H3. The monoisotopic (exact) mass is 215 g/mol. The highest BCUT2D eigenvalue weighted by molar-refractivity contribution is 5.82. The van der Waals surface area contributed by atoms with Gasteiger partial charge in [0.2, 0.25) is 0 Å². The van der Waals surface area contributed by atoms with E-state index in [1.807, 2.05) is 6.07 Å². The molecule has 3 heteroatoms. The molecule has 1 unspecified atom stereocenters. The van der Waals surface area contributed by atoms with Crippen LogP contribution in [0.5, 0.6) is 0 Å². The van der Waals surface area contributed by atoms with Gasteiger partial charge in [-0.05, 0) is 17.7 Å². The van der Waals surface area contributed by atoms with Crippen molar-refractivity contribution >= 4 is 12.1 Å². The van der Waals surface area contributed by atoms with E-state index in [2.05, 4.69) is 0 Å². The topological polar surface area (TPSA) is 57.9 Å². The number of hydrogen-bond donors (Lipinski definition) is 0. The summed E-state index contributed by atoms with van der Waals surface area (Å²) in [5.74, 6) is -0.318. The Morgan fingerprint density at radius 2 is 2.06 bits per heavy atom. The Bertz CT molecular complexity index is 415. The molecule has 0 radical (unpaired) electrons. The maximum Gasteiger partial charge on any atom is 0.133 e. The Labute approximate surface area is 94.7 Å². The van der Waals surface area contributed by atoms with Gasteiger partial charge in [0.05, 0.1) is 11.6 Å². The molecule has 1 atom stereocenters. The highest BCUT2D eigenvalue weighted by Crippen LogP contribution is 2.18. The molecule has 0 aliphatic carbocycles. The van der Waals surface area contributed by atoms with Gasteiger partial charge in [-0.15, -0.1) is 0 Å². The molecule has 0 heterocycles. The molecule has 1 aromatic rings. The number of benzene rings is 1. The number of carbonyl (C=O) groups excluding carboxylic acids is 2. The van der Waals surface area contributed by atoms with Crippen molar-refractivity contribution < 1.29 is 9.59 Å². The predicted octanol–water partition coefficient (Wildman–Crippen LogP) is 2.21. The number of ketones is 1. The summed E-state index contributed by atoms with van der Waals surface area (Å²) in [5, 5.41) is 8.63. The summed E-state index contributed by atoms with van der Waals surface area (Å²) >= 11 is 0. The van der Waals surface area contributed by atoms with Crippen LogP contribution in [-0.4, -0.2) is 12.1 Å². The Morgan fingerprint density at radius 3 is 2.50 bits per heavy atom. The number of hydrogen-bond acceptors (Lipinski definition) is 3. The molecule has 0 saturated carbocycles. The smallest absolute Gasteiger partial charge is 0.133 e. The number of rotatable bonds is 5. The molecule has 1 aromatic carbocycles. The van der Waals surface area contributed by atoms with Crippen molar-refractivity contribution in [3.8, 4) is 6.07 Å². The Morgan fingerprint density at radius 1 is 1.44 bits per heavy atom. The van der Waals surface area contributed by atoms with Crippen LogP contribution in [0.25, 0.3) is 0 Å². The van der Waals surface area contributed by atoms with Gasteiger partial charge in [-0.3, -0.25) is 4.79 Å². The van der Waals surface area contributed by atoms with Crippen molar-refractivity contribution in [3.63, 3.8) is 0 Å². The summed E-state index contributed by atoms with van der Waals surface area (Å²) < 4.78 is 0. The van der Waals surface area contributed by atoms with E-state index in [0.29, 0.717) is 12.0 Å². The van der Waals surface area contributed by atoms with Crippen LogP contribution in [0.15, 0.2) is 24.3 Å². The minimum absolute atomic E-state index is 0.0708. The fraction of sp³-hybridized carbons (Fsp3) is 0.308. The summed E-state index contributed by atoms with van der Waals surface area (Å²) in [5.41, 5.74) is 1.34. The summed E-state index contributed by atoms with van der Waals surface area (Å²) in [7, 11) is 0. The molecule has 0 aliphatic rings. The summed E-state index contributed by atoms with van der Waals surface area (Å²) in [6, 6.07) is 8.76. The quantitative estimate of drug-likeness (QED) is 0.707. The molecular weight excluding hydrogens is 202 g/mol. The highest BCUT2D eigenvalue weighted by atomic mass is 16.1. The molecule has 3 nitrogen and oxygen atoms in total. The van der Waals surface area contributed by atoms with Gasteiger partial charge >= 0.3 is 0 Å². The minimum Gasteiger partial charge on any atom is -0.303 e. The van der Waals surface area contributed by atoms with Gasteiger partial charge in [-0.25, -0.2) is 0 Å². The first kappa shape index (κ1) is 12.1. The van der Waals surface area contributed by atoms with E-state index < -0.39 is 0 Å². The van der Waals surface area contributed by atoms with Crippen molar-refractivity contribution in [2.24, 2.45) is 0 Å². The summed E-state index contributed by atoms with van der Waals surface area (Å²) in [6.45, 7) is 1.78. The highest BCUT2D eigenvalue weighted by Gasteiger charge is 2.13. The fourth-order valence-electron chi connectivity index (χ4n) is 1.44. The minimum atomic E-state index is -0.389. The molecule has 16 heavy (non-hydrogen) atoms. The first-order valence-electron chi connectivity index (χ1n) is 5.18. The van der Waals surface area contributed by atoms with Gasteiger partial charge in [-0.1, -0.05) is 19.1 Å². The lowest BCUT2D eigenvalue weighted by Crippen LogP contribution is -2.07. The van der Waals surface area contributed by atoms with Crippen molar-refractivity contribution in [2.45, 2.75) is 25.7 Å². The van der Waals surface area contributed by atoms with E-state index >= 15 is 0 Å². The molecule has 0 fully saturated rings. The van der Waals surface area contributed by atoms with E-state index in [-0.39, 0.29) is 18.1 Å². The largest absolute Gasteiger partial charge is 0.303 e. The first-order chi connectivity index (χ1) is 7.71.